The molecule has 29 heavy (non-hydrogen) atoms. The molecule has 1 N–H and O–H groups in total. The molecule has 0 saturated heterocycles. The number of rotatable bonds is 6. The van der Waals surface area contributed by atoms with E-state index in [-0.39, 0.29) is 17.4 Å². The average molecular weight is 415 g/mol. The van der Waals surface area contributed by atoms with Crippen molar-refractivity contribution in [2.24, 2.45) is 0 Å². The van der Waals surface area contributed by atoms with Crippen LogP contribution in [0.2, 0.25) is 0 Å². The smallest absolute Gasteiger partial charge is 0.265 e. The lowest BCUT2D eigenvalue weighted by atomic mass is 10.2. The molecular weight excluding hydrogens is 394 g/mol. The van der Waals surface area contributed by atoms with Crippen molar-refractivity contribution in [3.8, 4) is 5.75 Å². The van der Waals surface area contributed by atoms with Gasteiger partial charge in [0.1, 0.15) is 5.75 Å². The maximum absolute atomic E-state index is 12.5. The molecule has 2 amide bonds. The van der Waals surface area contributed by atoms with Crippen LogP contribution in [0.1, 0.15) is 10.4 Å². The van der Waals surface area contributed by atoms with Gasteiger partial charge in [-0.05, 0) is 36.4 Å². The summed E-state index contributed by atoms with van der Waals surface area (Å²) in [4.78, 5) is 26.1. The second kappa shape index (κ2) is 8.06. The Morgan fingerprint density at radius 2 is 1.93 bits per heavy atom. The van der Waals surface area contributed by atoms with Crippen LogP contribution in [0.5, 0.6) is 5.75 Å². The van der Waals surface area contributed by atoms with E-state index in [0.29, 0.717) is 29.2 Å². The maximum atomic E-state index is 12.5. The van der Waals surface area contributed by atoms with Crippen LogP contribution in [0.4, 0.5) is 11.4 Å². The van der Waals surface area contributed by atoms with Crippen molar-refractivity contribution in [1.82, 2.24) is 4.31 Å². The minimum absolute atomic E-state index is 0.0833. The highest BCUT2D eigenvalue weighted by Crippen LogP contribution is 2.34. The first-order chi connectivity index (χ1) is 13.7. The van der Waals surface area contributed by atoms with Crippen LogP contribution in [0.15, 0.2) is 60.0 Å². The third-order valence-corrected chi connectivity index (χ3v) is 6.20. The van der Waals surface area contributed by atoms with E-state index >= 15 is 0 Å². The van der Waals surface area contributed by atoms with Crippen LogP contribution >= 0.6 is 0 Å². The van der Waals surface area contributed by atoms with Crippen molar-refractivity contribution in [3.63, 3.8) is 0 Å². The number of nitrogens with zero attached hydrogens (tertiary/aromatic N) is 2. The third-order valence-electron chi connectivity index (χ3n) is 4.37. The predicted molar refractivity (Wildman–Crippen MR) is 110 cm³/mol. The third kappa shape index (κ3) is 4.15. The molecule has 0 unspecified atom stereocenters. The summed E-state index contributed by atoms with van der Waals surface area (Å²) >= 11 is 0. The second-order valence-corrected chi connectivity index (χ2v) is 8.68. The van der Waals surface area contributed by atoms with Gasteiger partial charge >= 0.3 is 0 Å². The van der Waals surface area contributed by atoms with Gasteiger partial charge in [0, 0.05) is 38.0 Å². The zero-order valence-electron chi connectivity index (χ0n) is 16.1. The number of amides is 2. The summed E-state index contributed by atoms with van der Waals surface area (Å²) in [6.45, 7) is 3.93. The molecule has 0 radical (unpaired) electrons. The van der Waals surface area contributed by atoms with E-state index in [2.05, 4.69) is 11.9 Å². The van der Waals surface area contributed by atoms with Crippen LogP contribution in [0.25, 0.3) is 0 Å². The zero-order valence-corrected chi connectivity index (χ0v) is 16.9. The van der Waals surface area contributed by atoms with E-state index in [1.54, 1.807) is 29.2 Å². The number of carbonyl (C=O) groups is 2. The van der Waals surface area contributed by atoms with Gasteiger partial charge in [0.05, 0.1) is 10.6 Å². The summed E-state index contributed by atoms with van der Waals surface area (Å²) in [7, 11) is -0.673. The quantitative estimate of drug-likeness (QED) is 0.729. The molecule has 1 heterocycles. The van der Waals surface area contributed by atoms with Gasteiger partial charge in [-0.3, -0.25) is 9.59 Å². The normalized spacial score (nSPS) is 13.6. The van der Waals surface area contributed by atoms with Crippen molar-refractivity contribution in [1.29, 1.82) is 0 Å². The minimum Gasteiger partial charge on any atom is -0.481 e. The van der Waals surface area contributed by atoms with Crippen LogP contribution in [-0.2, 0) is 14.8 Å². The lowest BCUT2D eigenvalue weighted by Crippen LogP contribution is -2.38. The number of sulfonamides is 1. The maximum Gasteiger partial charge on any atom is 0.265 e. The van der Waals surface area contributed by atoms with Crippen LogP contribution in [-0.4, -0.2) is 51.8 Å². The van der Waals surface area contributed by atoms with Crippen LogP contribution < -0.4 is 15.0 Å². The fraction of sp³-hybridized carbons (Fsp3) is 0.200. The summed E-state index contributed by atoms with van der Waals surface area (Å²) < 4.78 is 30.8. The number of fused-ring (bicyclic) bond motifs is 1. The van der Waals surface area contributed by atoms with E-state index < -0.39 is 15.9 Å². The molecule has 9 heteroatoms. The van der Waals surface area contributed by atoms with E-state index in [9.17, 15) is 18.0 Å². The molecular formula is C20H21N3O5S. The minimum atomic E-state index is -3.56. The molecule has 0 aromatic heterocycles. The van der Waals surface area contributed by atoms with Crippen molar-refractivity contribution in [3.05, 3.63) is 60.7 Å². The number of hydrogen-bond acceptors (Lipinski definition) is 5. The zero-order chi connectivity index (χ0) is 21.2. The highest BCUT2D eigenvalue weighted by molar-refractivity contribution is 7.89. The van der Waals surface area contributed by atoms with Crippen molar-refractivity contribution < 1.29 is 22.7 Å². The van der Waals surface area contributed by atoms with E-state index in [0.717, 1.165) is 4.31 Å². The largest absolute Gasteiger partial charge is 0.481 e. The van der Waals surface area contributed by atoms with Gasteiger partial charge in [-0.2, -0.15) is 0 Å². The number of ether oxygens (including phenoxy) is 1. The lowest BCUT2D eigenvalue weighted by Gasteiger charge is -2.28. The molecule has 8 nitrogen and oxygen atoms in total. The number of anilines is 2. The van der Waals surface area contributed by atoms with Gasteiger partial charge in [0.2, 0.25) is 10.0 Å². The number of nitrogens with one attached hydrogen (secondary N) is 1. The summed E-state index contributed by atoms with van der Waals surface area (Å²) in [6, 6.07) is 10.7. The Labute approximate surface area is 169 Å². The molecule has 152 valence electrons. The molecule has 0 fully saturated rings. The van der Waals surface area contributed by atoms with Crippen molar-refractivity contribution in [2.75, 3.05) is 37.5 Å². The highest BCUT2D eigenvalue weighted by Gasteiger charge is 2.25. The molecule has 2 aromatic rings. The molecule has 0 atom stereocenters. The molecule has 0 saturated carbocycles. The van der Waals surface area contributed by atoms with Crippen molar-refractivity contribution in [2.45, 2.75) is 4.90 Å². The first kappa shape index (κ1) is 20.6. The molecule has 0 aliphatic carbocycles. The predicted octanol–water partition coefficient (Wildman–Crippen LogP) is 2.10. The Bertz CT molecular complexity index is 1060. The van der Waals surface area contributed by atoms with Gasteiger partial charge in [0.25, 0.3) is 11.8 Å². The SMILES string of the molecule is C=CCN1C(=O)COc2cc(NC(=O)c3ccc(S(=O)(=O)N(C)C)cc3)ccc21. The second-order valence-electron chi connectivity index (χ2n) is 6.53. The number of carbonyl (C=O) groups excluding carboxylic acids is 2. The van der Waals surface area contributed by atoms with E-state index in [1.807, 2.05) is 0 Å². The van der Waals surface area contributed by atoms with Crippen molar-refractivity contribution >= 4 is 33.2 Å². The Morgan fingerprint density at radius 1 is 1.24 bits per heavy atom. The lowest BCUT2D eigenvalue weighted by molar-refractivity contribution is -0.121. The van der Waals surface area contributed by atoms with Crippen LogP contribution in [0, 0.1) is 0 Å². The van der Waals surface area contributed by atoms with Gasteiger partial charge < -0.3 is 15.0 Å². The Morgan fingerprint density at radius 3 is 2.55 bits per heavy atom. The fourth-order valence-corrected chi connectivity index (χ4v) is 3.71. The van der Waals surface area contributed by atoms with E-state index in [4.69, 9.17) is 4.74 Å². The number of hydrogen-bond donors (Lipinski definition) is 1. The molecule has 1 aliphatic rings. The summed E-state index contributed by atoms with van der Waals surface area (Å²) in [5, 5.41) is 2.74. The van der Waals surface area contributed by atoms with Gasteiger partial charge in [-0.15, -0.1) is 6.58 Å². The Hall–Kier alpha value is -3.17. The topological polar surface area (TPSA) is 96.0 Å². The standard InChI is InChI=1S/C20H21N3O5S/c1-4-11-23-17-10-7-15(12-18(17)28-13-19(23)24)21-20(25)14-5-8-16(9-6-14)29(26,27)22(2)3/h4-10,12H,1,11,13H2,2-3H3,(H,21,25). The Balaban J connectivity index is 1.78. The molecule has 0 spiro atoms. The Kier molecular flexibility index (Phi) is 5.71. The summed E-state index contributed by atoms with van der Waals surface area (Å²) in [5.74, 6) is -0.0767. The van der Waals surface area contributed by atoms with E-state index in [1.165, 1.54) is 38.4 Å². The number of benzene rings is 2. The highest BCUT2D eigenvalue weighted by atomic mass is 32.2. The van der Waals surface area contributed by atoms with Crippen LogP contribution in [0.3, 0.4) is 0 Å². The average Bonchev–Trinajstić information content (AvgIpc) is 2.70. The summed E-state index contributed by atoms with van der Waals surface area (Å²) in [6.07, 6.45) is 1.63. The monoisotopic (exact) mass is 415 g/mol. The molecule has 1 aliphatic heterocycles. The summed E-state index contributed by atoms with van der Waals surface area (Å²) in [5.41, 5.74) is 1.41. The fourth-order valence-electron chi connectivity index (χ4n) is 2.80. The molecule has 2 aromatic carbocycles. The first-order valence-electron chi connectivity index (χ1n) is 8.76. The van der Waals surface area contributed by atoms with Gasteiger partial charge in [-0.25, -0.2) is 12.7 Å². The molecule has 0 bridgehead atoms. The van der Waals surface area contributed by atoms with Gasteiger partial charge in [-0.1, -0.05) is 6.08 Å². The first-order valence-corrected chi connectivity index (χ1v) is 10.2. The van der Waals surface area contributed by atoms with Gasteiger partial charge in [0.15, 0.2) is 6.61 Å². The molecule has 3 rings (SSSR count).